The van der Waals surface area contributed by atoms with E-state index in [9.17, 15) is 28.8 Å². The molecule has 12 nitrogen and oxygen atoms in total. The summed E-state index contributed by atoms with van der Waals surface area (Å²) in [7, 11) is 4.24. The topological polar surface area (TPSA) is 155 Å². The molecule has 5 aromatic rings. The van der Waals surface area contributed by atoms with Crippen LogP contribution in [-0.4, -0.2) is 57.0 Å². The van der Waals surface area contributed by atoms with Gasteiger partial charge in [-0.3, -0.25) is 19.2 Å². The summed E-state index contributed by atoms with van der Waals surface area (Å²) < 4.78 is 20.4. The summed E-state index contributed by atoms with van der Waals surface area (Å²) in [5, 5.41) is 2.78. The Kier molecular flexibility index (Phi) is 16.0. The first-order valence-corrected chi connectivity index (χ1v) is 19.1. The molecule has 0 atom stereocenters. The van der Waals surface area contributed by atoms with Gasteiger partial charge in [0.1, 0.15) is 11.5 Å². The highest BCUT2D eigenvalue weighted by Gasteiger charge is 2.14. The van der Waals surface area contributed by atoms with Crippen LogP contribution in [0, 0.1) is 11.8 Å². The SMILES string of the molecule is C\C=C/C(=C\C=C\C(=O)N(C)c1ccc(C(=O)Oc2ccc(C#Cc3ccc(OC(=O)c4ccc(NC(=O)c5ccc(CC(=O)OC)cc5)cc4)cc3)cc2)cc1)CC(=O)OC. The highest BCUT2D eigenvalue weighted by molar-refractivity contribution is 6.04. The molecule has 0 aliphatic heterocycles. The number of carbonyl (C=O) groups is 6. The van der Waals surface area contributed by atoms with Crippen LogP contribution < -0.4 is 19.7 Å². The Hall–Kier alpha value is -8.30. The number of nitrogens with one attached hydrogen (secondary N) is 1. The summed E-state index contributed by atoms with van der Waals surface area (Å²) in [6.07, 6.45) is 8.36. The Labute approximate surface area is 359 Å². The number of benzene rings is 5. The van der Waals surface area contributed by atoms with Crippen molar-refractivity contribution < 1.29 is 47.7 Å². The molecule has 0 unspecified atom stereocenters. The van der Waals surface area contributed by atoms with E-state index in [1.165, 1.54) is 25.2 Å². The number of methoxy groups -OCH3 is 2. The maximum absolute atomic E-state index is 12.8. The Balaban J connectivity index is 1.08. The number of esters is 4. The summed E-state index contributed by atoms with van der Waals surface area (Å²) in [4.78, 5) is 75.5. The van der Waals surface area contributed by atoms with Crippen molar-refractivity contribution in [2.24, 2.45) is 0 Å². The zero-order chi connectivity index (χ0) is 44.4. The van der Waals surface area contributed by atoms with E-state index in [2.05, 4.69) is 21.9 Å². The zero-order valence-corrected chi connectivity index (χ0v) is 34.4. The third-order valence-corrected chi connectivity index (χ3v) is 8.98. The minimum Gasteiger partial charge on any atom is -0.469 e. The molecule has 312 valence electrons. The molecule has 62 heavy (non-hydrogen) atoms. The van der Waals surface area contributed by atoms with Crippen molar-refractivity contribution in [3.05, 3.63) is 191 Å². The van der Waals surface area contributed by atoms with Crippen LogP contribution in [0.1, 0.15) is 61.1 Å². The molecule has 0 bridgehead atoms. The Bertz CT molecular complexity index is 2560. The third-order valence-electron chi connectivity index (χ3n) is 8.98. The molecule has 5 rings (SSSR count). The summed E-state index contributed by atoms with van der Waals surface area (Å²) in [6.45, 7) is 1.83. The van der Waals surface area contributed by atoms with Gasteiger partial charge in [0.2, 0.25) is 0 Å². The number of rotatable bonds is 14. The van der Waals surface area contributed by atoms with E-state index in [0.717, 1.165) is 5.56 Å². The molecule has 0 saturated heterocycles. The summed E-state index contributed by atoms with van der Waals surface area (Å²) in [6, 6.07) is 32.7. The molecular formula is C50H42N2O10. The first-order chi connectivity index (χ1) is 29.9. The van der Waals surface area contributed by atoms with Gasteiger partial charge in [0.05, 0.1) is 38.2 Å². The van der Waals surface area contributed by atoms with E-state index in [1.807, 2.05) is 6.92 Å². The van der Waals surface area contributed by atoms with Crippen molar-refractivity contribution in [2.75, 3.05) is 31.5 Å². The lowest BCUT2D eigenvalue weighted by molar-refractivity contribution is -0.140. The van der Waals surface area contributed by atoms with Crippen LogP contribution in [0.2, 0.25) is 0 Å². The number of anilines is 2. The Morgan fingerprint density at radius 1 is 0.613 bits per heavy atom. The van der Waals surface area contributed by atoms with E-state index in [4.69, 9.17) is 14.2 Å². The number of hydrogen-bond acceptors (Lipinski definition) is 10. The molecule has 0 radical (unpaired) electrons. The van der Waals surface area contributed by atoms with Gasteiger partial charge in [0.15, 0.2) is 0 Å². The highest BCUT2D eigenvalue weighted by Crippen LogP contribution is 2.20. The third kappa shape index (κ3) is 13.4. The Morgan fingerprint density at radius 2 is 1.11 bits per heavy atom. The number of carbonyl (C=O) groups excluding carboxylic acids is 6. The van der Waals surface area contributed by atoms with E-state index < -0.39 is 11.9 Å². The molecular weight excluding hydrogens is 789 g/mol. The van der Waals surface area contributed by atoms with Crippen LogP contribution in [0.4, 0.5) is 11.4 Å². The Morgan fingerprint density at radius 3 is 1.61 bits per heavy atom. The maximum atomic E-state index is 12.8. The van der Waals surface area contributed by atoms with E-state index in [1.54, 1.807) is 153 Å². The average molecular weight is 831 g/mol. The van der Waals surface area contributed by atoms with E-state index >= 15 is 0 Å². The fourth-order valence-electron chi connectivity index (χ4n) is 5.54. The smallest absolute Gasteiger partial charge is 0.343 e. The lowest BCUT2D eigenvalue weighted by Gasteiger charge is -2.15. The summed E-state index contributed by atoms with van der Waals surface area (Å²) in [5.74, 6) is 4.20. The molecule has 0 aliphatic rings. The van der Waals surface area contributed by atoms with Gasteiger partial charge >= 0.3 is 23.9 Å². The van der Waals surface area contributed by atoms with Crippen LogP contribution in [0.5, 0.6) is 11.5 Å². The van der Waals surface area contributed by atoms with Gasteiger partial charge in [-0.1, -0.05) is 48.3 Å². The number of amides is 2. The molecule has 0 aliphatic carbocycles. The van der Waals surface area contributed by atoms with Gasteiger partial charge < -0.3 is 29.2 Å². The fraction of sp³-hybridized carbons (Fsp3) is 0.120. The van der Waals surface area contributed by atoms with Crippen LogP contribution in [-0.2, 0) is 30.3 Å². The second-order valence-electron chi connectivity index (χ2n) is 13.4. The first-order valence-electron chi connectivity index (χ1n) is 19.1. The van der Waals surface area contributed by atoms with Crippen LogP contribution in [0.25, 0.3) is 0 Å². The van der Waals surface area contributed by atoms with Gasteiger partial charge in [-0.2, -0.15) is 0 Å². The number of likely N-dealkylation sites (N-methyl/N-ethyl adjacent to an activating group) is 1. The second kappa shape index (κ2) is 22.2. The van der Waals surface area contributed by atoms with Gasteiger partial charge in [0.25, 0.3) is 11.8 Å². The van der Waals surface area contributed by atoms with Crippen molar-refractivity contribution in [3.8, 4) is 23.3 Å². The zero-order valence-electron chi connectivity index (χ0n) is 34.4. The standard InChI is InChI=1S/C50H42N2O10/c1-5-7-36(32-46(54)59-3)8-6-9-45(53)52(2)42-26-22-40(23-27-42)50(58)62-44-30-16-35(17-31-44)11-10-34-14-28-43(29-15-34)61-49(57)39-20-24-41(25-21-39)51-48(56)38-18-12-37(13-19-38)33-47(55)60-4/h5-9,12-31H,32-33H2,1-4H3,(H,51,56)/b7-5-,9-6+,36-8+. The predicted octanol–water partition coefficient (Wildman–Crippen LogP) is 8.08. The van der Waals surface area contributed by atoms with Crippen molar-refractivity contribution in [1.29, 1.82) is 0 Å². The van der Waals surface area contributed by atoms with Crippen LogP contribution in [0.15, 0.2) is 157 Å². The first kappa shape index (κ1) is 44.8. The number of ether oxygens (including phenoxy) is 4. The average Bonchev–Trinajstić information content (AvgIpc) is 3.29. The minimum absolute atomic E-state index is 0.0817. The molecule has 1 N–H and O–H groups in total. The quantitative estimate of drug-likeness (QED) is 0.0382. The summed E-state index contributed by atoms with van der Waals surface area (Å²) in [5.41, 5.74) is 4.81. The fourth-order valence-corrected chi connectivity index (χ4v) is 5.54. The number of allylic oxidation sites excluding steroid dienone is 4. The largest absolute Gasteiger partial charge is 0.469 e. The summed E-state index contributed by atoms with van der Waals surface area (Å²) >= 11 is 0. The minimum atomic E-state index is -0.576. The van der Waals surface area contributed by atoms with Crippen molar-refractivity contribution in [1.82, 2.24) is 0 Å². The molecule has 0 spiro atoms. The van der Waals surface area contributed by atoms with Crippen LogP contribution in [0.3, 0.4) is 0 Å². The normalized spacial score (nSPS) is 10.9. The molecule has 5 aromatic carbocycles. The van der Waals surface area contributed by atoms with Gasteiger partial charge in [-0.05, 0) is 127 Å². The second-order valence-corrected chi connectivity index (χ2v) is 13.4. The highest BCUT2D eigenvalue weighted by atomic mass is 16.5. The lowest BCUT2D eigenvalue weighted by atomic mass is 10.1. The molecule has 0 heterocycles. The van der Waals surface area contributed by atoms with Crippen molar-refractivity contribution >= 4 is 47.1 Å². The molecule has 12 heteroatoms. The van der Waals surface area contributed by atoms with Gasteiger partial charge in [-0.25, -0.2) is 9.59 Å². The predicted molar refractivity (Wildman–Crippen MR) is 234 cm³/mol. The molecule has 0 fully saturated rings. The van der Waals surface area contributed by atoms with Crippen molar-refractivity contribution in [3.63, 3.8) is 0 Å². The van der Waals surface area contributed by atoms with Gasteiger partial charge in [-0.15, -0.1) is 0 Å². The monoisotopic (exact) mass is 830 g/mol. The number of nitrogens with zero attached hydrogens (tertiary/aromatic N) is 1. The molecule has 0 aromatic heterocycles. The van der Waals surface area contributed by atoms with Crippen LogP contribution >= 0.6 is 0 Å². The van der Waals surface area contributed by atoms with E-state index in [-0.39, 0.29) is 42.2 Å². The van der Waals surface area contributed by atoms with E-state index in [0.29, 0.717) is 50.7 Å². The molecule has 2 amide bonds. The van der Waals surface area contributed by atoms with Crippen molar-refractivity contribution in [2.45, 2.75) is 19.8 Å². The maximum Gasteiger partial charge on any atom is 0.343 e. The lowest BCUT2D eigenvalue weighted by Crippen LogP contribution is -2.24. The molecule has 0 saturated carbocycles. The number of hydrogen-bond donors (Lipinski definition) is 1. The van der Waals surface area contributed by atoms with Gasteiger partial charge in [0, 0.05) is 41.2 Å².